The highest BCUT2D eigenvalue weighted by molar-refractivity contribution is 5.84. The van der Waals surface area contributed by atoms with Gasteiger partial charge in [-0.2, -0.15) is 0 Å². The van der Waals surface area contributed by atoms with Gasteiger partial charge in [0.15, 0.2) is 0 Å². The van der Waals surface area contributed by atoms with Crippen molar-refractivity contribution in [2.24, 2.45) is 0 Å². The maximum absolute atomic E-state index is 11.2. The Bertz CT molecular complexity index is 311. The van der Waals surface area contributed by atoms with Crippen molar-refractivity contribution in [2.75, 3.05) is 19.8 Å². The normalized spacial score (nSPS) is 10.3. The van der Waals surface area contributed by atoms with E-state index in [2.05, 4.69) is 10.1 Å². The highest BCUT2D eigenvalue weighted by atomic mass is 16.5. The van der Waals surface area contributed by atoms with Crippen LogP contribution in [0.1, 0.15) is 24.5 Å². The summed E-state index contributed by atoms with van der Waals surface area (Å²) in [4.78, 5) is 15.0. The van der Waals surface area contributed by atoms with Crippen molar-refractivity contribution in [2.45, 2.75) is 20.4 Å². The molecule has 0 atom stereocenters. The number of rotatable bonds is 6. The minimum absolute atomic E-state index is 0.0911. The Morgan fingerprint density at radius 1 is 1.47 bits per heavy atom. The van der Waals surface area contributed by atoms with Crippen LogP contribution < -0.4 is 0 Å². The van der Waals surface area contributed by atoms with Gasteiger partial charge in [0.1, 0.15) is 6.33 Å². The molecule has 15 heavy (non-hydrogen) atoms. The minimum atomic E-state index is -0.493. The van der Waals surface area contributed by atoms with Gasteiger partial charge in [-0.25, -0.2) is 14.5 Å². The molecule has 0 N–H and O–H groups in total. The van der Waals surface area contributed by atoms with Crippen LogP contribution in [0.5, 0.6) is 0 Å². The minimum Gasteiger partial charge on any atom is -0.460 e. The van der Waals surface area contributed by atoms with Gasteiger partial charge in [-0.3, -0.25) is 0 Å². The van der Waals surface area contributed by atoms with Gasteiger partial charge in [0, 0.05) is 6.61 Å². The molecule has 0 aliphatic carbocycles. The maximum Gasteiger partial charge on any atom is 0.378 e. The first-order valence-electron chi connectivity index (χ1n) is 4.92. The van der Waals surface area contributed by atoms with Crippen LogP contribution >= 0.6 is 0 Å². The highest BCUT2D eigenvalue weighted by Crippen LogP contribution is 1.94. The summed E-state index contributed by atoms with van der Waals surface area (Å²) in [6, 6.07) is 0. The van der Waals surface area contributed by atoms with Crippen LogP contribution in [0.4, 0.5) is 0 Å². The van der Waals surface area contributed by atoms with Gasteiger partial charge >= 0.3 is 5.97 Å². The van der Waals surface area contributed by atoms with Crippen molar-refractivity contribution < 1.29 is 14.3 Å². The average molecular weight is 213 g/mol. The van der Waals surface area contributed by atoms with Gasteiger partial charge in [0.25, 0.3) is 5.82 Å². The Hall–Kier alpha value is -1.43. The molecular weight excluding hydrogens is 198 g/mol. The zero-order valence-corrected chi connectivity index (χ0v) is 8.97. The lowest BCUT2D eigenvalue weighted by Gasteiger charge is -2.00. The molecule has 6 nitrogen and oxygen atoms in total. The third-order valence-corrected chi connectivity index (χ3v) is 1.66. The van der Waals surface area contributed by atoms with E-state index >= 15 is 0 Å². The summed E-state index contributed by atoms with van der Waals surface area (Å²) in [6.07, 6.45) is 1.49. The number of esters is 1. The van der Waals surface area contributed by atoms with Crippen molar-refractivity contribution in [3.63, 3.8) is 0 Å². The third kappa shape index (κ3) is 3.67. The molecule has 84 valence electrons. The topological polar surface area (TPSA) is 66.2 Å². The molecule has 1 rings (SSSR count). The zero-order valence-electron chi connectivity index (χ0n) is 8.97. The van der Waals surface area contributed by atoms with E-state index in [0.717, 1.165) is 0 Å². The van der Waals surface area contributed by atoms with E-state index in [4.69, 9.17) is 9.47 Å². The van der Waals surface area contributed by atoms with Crippen molar-refractivity contribution in [3.05, 3.63) is 12.2 Å². The molecule has 0 saturated heterocycles. The molecule has 0 amide bonds. The molecule has 0 bridgehead atoms. The summed E-state index contributed by atoms with van der Waals surface area (Å²) in [5.74, 6) is -0.402. The molecule has 0 spiro atoms. The van der Waals surface area contributed by atoms with Crippen LogP contribution in [0.15, 0.2) is 6.33 Å². The van der Waals surface area contributed by atoms with Crippen LogP contribution in [0.25, 0.3) is 0 Å². The predicted molar refractivity (Wildman–Crippen MR) is 52.5 cm³/mol. The largest absolute Gasteiger partial charge is 0.460 e. The fourth-order valence-electron chi connectivity index (χ4n) is 0.994. The van der Waals surface area contributed by atoms with Crippen LogP contribution in [0, 0.1) is 0 Å². The van der Waals surface area contributed by atoms with Gasteiger partial charge < -0.3 is 9.47 Å². The van der Waals surface area contributed by atoms with Gasteiger partial charge in [-0.15, -0.1) is 5.10 Å². The SMILES string of the molecule is CCOCCn1cnc(C(=O)OCC)n1. The number of aromatic nitrogens is 3. The molecule has 0 aromatic carbocycles. The Kier molecular flexibility index (Phi) is 4.76. The summed E-state index contributed by atoms with van der Waals surface area (Å²) >= 11 is 0. The summed E-state index contributed by atoms with van der Waals surface area (Å²) in [5, 5.41) is 3.95. The fraction of sp³-hybridized carbons (Fsp3) is 0.667. The van der Waals surface area contributed by atoms with E-state index in [-0.39, 0.29) is 5.82 Å². The summed E-state index contributed by atoms with van der Waals surface area (Å²) in [5.41, 5.74) is 0. The monoisotopic (exact) mass is 213 g/mol. The van der Waals surface area contributed by atoms with Crippen molar-refractivity contribution in [3.8, 4) is 0 Å². The first kappa shape index (κ1) is 11.6. The number of hydrogen-bond donors (Lipinski definition) is 0. The molecule has 0 aliphatic rings. The molecular formula is C9H15N3O3. The first-order chi connectivity index (χ1) is 7.27. The Morgan fingerprint density at radius 2 is 2.27 bits per heavy atom. The van der Waals surface area contributed by atoms with E-state index in [9.17, 15) is 4.79 Å². The number of carbonyl (C=O) groups excluding carboxylic acids is 1. The standard InChI is InChI=1S/C9H15N3O3/c1-3-14-6-5-12-7-10-8(11-12)9(13)15-4-2/h7H,3-6H2,1-2H3. The van der Waals surface area contributed by atoms with E-state index < -0.39 is 5.97 Å². The van der Waals surface area contributed by atoms with E-state index in [0.29, 0.717) is 26.4 Å². The Morgan fingerprint density at radius 3 is 2.93 bits per heavy atom. The second-order valence-electron chi connectivity index (χ2n) is 2.75. The van der Waals surface area contributed by atoms with Crippen molar-refractivity contribution in [1.29, 1.82) is 0 Å². The Balaban J connectivity index is 2.45. The summed E-state index contributed by atoms with van der Waals surface area (Å²) < 4.78 is 11.5. The molecule has 1 heterocycles. The van der Waals surface area contributed by atoms with E-state index in [1.807, 2.05) is 6.92 Å². The lowest BCUT2D eigenvalue weighted by Crippen LogP contribution is -2.10. The Labute approximate surface area is 88.2 Å². The molecule has 1 aromatic rings. The predicted octanol–water partition coefficient (Wildman–Crippen LogP) is 0.491. The van der Waals surface area contributed by atoms with Gasteiger partial charge in [0.2, 0.25) is 0 Å². The van der Waals surface area contributed by atoms with E-state index in [1.54, 1.807) is 11.6 Å². The number of ether oxygens (including phenoxy) is 2. The smallest absolute Gasteiger partial charge is 0.378 e. The lowest BCUT2D eigenvalue weighted by atomic mass is 10.6. The maximum atomic E-state index is 11.2. The molecule has 0 unspecified atom stereocenters. The highest BCUT2D eigenvalue weighted by Gasteiger charge is 2.11. The second kappa shape index (κ2) is 6.13. The van der Waals surface area contributed by atoms with Gasteiger partial charge in [0.05, 0.1) is 19.8 Å². The third-order valence-electron chi connectivity index (χ3n) is 1.66. The van der Waals surface area contributed by atoms with Gasteiger partial charge in [-0.1, -0.05) is 0 Å². The second-order valence-corrected chi connectivity index (χ2v) is 2.75. The van der Waals surface area contributed by atoms with Crippen LogP contribution in [-0.4, -0.2) is 40.6 Å². The lowest BCUT2D eigenvalue weighted by molar-refractivity contribution is 0.0511. The van der Waals surface area contributed by atoms with Gasteiger partial charge in [-0.05, 0) is 13.8 Å². The molecule has 1 aromatic heterocycles. The molecule has 0 fully saturated rings. The summed E-state index contributed by atoms with van der Waals surface area (Å²) in [7, 11) is 0. The molecule has 0 radical (unpaired) electrons. The number of nitrogens with zero attached hydrogens (tertiary/aromatic N) is 3. The fourth-order valence-corrected chi connectivity index (χ4v) is 0.994. The first-order valence-corrected chi connectivity index (χ1v) is 4.92. The van der Waals surface area contributed by atoms with Crippen LogP contribution in [-0.2, 0) is 16.0 Å². The van der Waals surface area contributed by atoms with E-state index in [1.165, 1.54) is 6.33 Å². The quantitative estimate of drug-likeness (QED) is 0.508. The average Bonchev–Trinajstić information content (AvgIpc) is 2.67. The zero-order chi connectivity index (χ0) is 11.1. The molecule has 0 aliphatic heterocycles. The van der Waals surface area contributed by atoms with Crippen LogP contribution in [0.3, 0.4) is 0 Å². The van der Waals surface area contributed by atoms with Crippen molar-refractivity contribution >= 4 is 5.97 Å². The molecule has 6 heteroatoms. The molecule has 0 saturated carbocycles. The van der Waals surface area contributed by atoms with Crippen LogP contribution in [0.2, 0.25) is 0 Å². The number of hydrogen-bond acceptors (Lipinski definition) is 5. The summed E-state index contributed by atoms with van der Waals surface area (Å²) in [6.45, 7) is 5.80. The van der Waals surface area contributed by atoms with Crippen molar-refractivity contribution in [1.82, 2.24) is 14.8 Å². The number of carbonyl (C=O) groups is 1.